The number of rotatable bonds is 18. The van der Waals surface area contributed by atoms with Crippen molar-refractivity contribution in [2.75, 3.05) is 7.11 Å². The van der Waals surface area contributed by atoms with Crippen LogP contribution in [0.3, 0.4) is 0 Å². The van der Waals surface area contributed by atoms with Crippen molar-refractivity contribution >= 4 is 0 Å². The number of benzene rings is 1. The summed E-state index contributed by atoms with van der Waals surface area (Å²) in [6.07, 6.45) is 17.8. The molecule has 0 fully saturated rings. The van der Waals surface area contributed by atoms with Gasteiger partial charge in [0.05, 0.1) is 5.60 Å². The minimum absolute atomic E-state index is 0.0145. The highest BCUT2D eigenvalue weighted by Crippen LogP contribution is 2.36. The molecule has 0 amide bonds. The lowest BCUT2D eigenvalue weighted by molar-refractivity contribution is -0.0712. The largest absolute Gasteiger partial charge is 0.378 e. The quantitative estimate of drug-likeness (QED) is 0.214. The van der Waals surface area contributed by atoms with E-state index >= 15 is 0 Å². The van der Waals surface area contributed by atoms with Gasteiger partial charge in [-0.25, -0.2) is 8.78 Å². The Balaban J connectivity index is 2.40. The van der Waals surface area contributed by atoms with Crippen molar-refractivity contribution in [2.24, 2.45) is 5.92 Å². The molecule has 0 radical (unpaired) electrons. The van der Waals surface area contributed by atoms with Gasteiger partial charge < -0.3 is 4.74 Å². The summed E-state index contributed by atoms with van der Waals surface area (Å²) in [5.74, 6) is -0.288. The Morgan fingerprint density at radius 1 is 0.800 bits per heavy atom. The van der Waals surface area contributed by atoms with Crippen LogP contribution in [0.4, 0.5) is 8.78 Å². The van der Waals surface area contributed by atoms with E-state index < -0.39 is 11.6 Å². The minimum atomic E-state index is -0.499. The van der Waals surface area contributed by atoms with Crippen molar-refractivity contribution in [1.29, 1.82) is 0 Å². The summed E-state index contributed by atoms with van der Waals surface area (Å²) < 4.78 is 32.8. The van der Waals surface area contributed by atoms with Crippen LogP contribution in [0.1, 0.15) is 116 Å². The van der Waals surface area contributed by atoms with Crippen LogP contribution in [0.5, 0.6) is 0 Å². The van der Waals surface area contributed by atoms with E-state index in [-0.39, 0.29) is 5.60 Å². The predicted molar refractivity (Wildman–Crippen MR) is 125 cm³/mol. The molecule has 0 heterocycles. The van der Waals surface area contributed by atoms with E-state index in [0.29, 0.717) is 17.9 Å². The van der Waals surface area contributed by atoms with Crippen LogP contribution in [0.25, 0.3) is 0 Å². The third-order valence-electron chi connectivity index (χ3n) is 7.02. The molecule has 0 aliphatic heterocycles. The van der Waals surface area contributed by atoms with Crippen LogP contribution in [0.2, 0.25) is 0 Å². The molecule has 0 bridgehead atoms. The molecule has 1 rings (SSSR count). The Kier molecular flexibility index (Phi) is 14.2. The van der Waals surface area contributed by atoms with Crippen molar-refractivity contribution in [3.63, 3.8) is 0 Å². The lowest BCUT2D eigenvalue weighted by Gasteiger charge is -2.39. The standard InChI is InChI=1S/C27H46F2O/c1-5-8-9-10-11-15-18-24(27(6-2,7-3)30-4)19-16-13-12-14-17-23-20-21-25(28)22-26(23)29/h20-22,24H,5-19H2,1-4H3. The molecule has 0 saturated carbocycles. The Morgan fingerprint density at radius 2 is 1.37 bits per heavy atom. The molecule has 3 heteroatoms. The van der Waals surface area contributed by atoms with Crippen molar-refractivity contribution in [3.8, 4) is 0 Å². The molecule has 1 nitrogen and oxygen atoms in total. The van der Waals surface area contributed by atoms with Gasteiger partial charge in [0.1, 0.15) is 11.6 Å². The number of hydrogen-bond acceptors (Lipinski definition) is 1. The Labute approximate surface area is 185 Å². The molecule has 174 valence electrons. The number of hydrogen-bond donors (Lipinski definition) is 0. The average molecular weight is 425 g/mol. The van der Waals surface area contributed by atoms with Gasteiger partial charge in [-0.15, -0.1) is 0 Å². The molecule has 30 heavy (non-hydrogen) atoms. The van der Waals surface area contributed by atoms with Gasteiger partial charge in [0.25, 0.3) is 0 Å². The van der Waals surface area contributed by atoms with E-state index in [1.807, 2.05) is 7.11 Å². The number of halogens is 2. The third-order valence-corrected chi connectivity index (χ3v) is 7.02. The highest BCUT2D eigenvalue weighted by Gasteiger charge is 2.34. The summed E-state index contributed by atoms with van der Waals surface area (Å²) >= 11 is 0. The van der Waals surface area contributed by atoms with E-state index in [1.54, 1.807) is 6.07 Å². The molecular formula is C27H46F2O. The van der Waals surface area contributed by atoms with Gasteiger partial charge in [0, 0.05) is 13.2 Å². The molecule has 1 unspecified atom stereocenters. The summed E-state index contributed by atoms with van der Waals surface area (Å²) in [5, 5.41) is 0. The highest BCUT2D eigenvalue weighted by molar-refractivity contribution is 5.18. The van der Waals surface area contributed by atoms with Crippen molar-refractivity contribution < 1.29 is 13.5 Å². The molecule has 0 aliphatic rings. The highest BCUT2D eigenvalue weighted by atomic mass is 19.1. The number of aryl methyl sites for hydroxylation is 1. The molecule has 1 aromatic rings. The summed E-state index contributed by atoms with van der Waals surface area (Å²) in [6, 6.07) is 3.92. The monoisotopic (exact) mass is 424 g/mol. The van der Waals surface area contributed by atoms with E-state index in [0.717, 1.165) is 31.7 Å². The lowest BCUT2D eigenvalue weighted by atomic mass is 9.76. The summed E-state index contributed by atoms with van der Waals surface area (Å²) in [4.78, 5) is 0. The summed E-state index contributed by atoms with van der Waals surface area (Å²) in [6.45, 7) is 6.79. The first-order chi connectivity index (χ1) is 14.5. The van der Waals surface area contributed by atoms with Crippen molar-refractivity contribution in [1.82, 2.24) is 0 Å². The van der Waals surface area contributed by atoms with Crippen LogP contribution >= 0.6 is 0 Å². The fourth-order valence-corrected chi connectivity index (χ4v) is 4.91. The van der Waals surface area contributed by atoms with Crippen LogP contribution in [-0.2, 0) is 11.2 Å². The van der Waals surface area contributed by atoms with Gasteiger partial charge in [-0.1, -0.05) is 84.6 Å². The summed E-state index contributed by atoms with van der Waals surface area (Å²) in [5.41, 5.74) is 0.647. The lowest BCUT2D eigenvalue weighted by Crippen LogP contribution is -2.39. The Morgan fingerprint density at radius 3 is 1.90 bits per heavy atom. The normalized spacial score (nSPS) is 13.0. The van der Waals surface area contributed by atoms with E-state index in [9.17, 15) is 8.78 Å². The first kappa shape index (κ1) is 27.1. The molecule has 1 atom stereocenters. The maximum absolute atomic E-state index is 13.7. The molecular weight excluding hydrogens is 378 g/mol. The molecule has 0 aromatic heterocycles. The van der Waals surface area contributed by atoms with Gasteiger partial charge >= 0.3 is 0 Å². The van der Waals surface area contributed by atoms with E-state index in [4.69, 9.17) is 4.74 Å². The minimum Gasteiger partial charge on any atom is -0.378 e. The Hall–Kier alpha value is -0.960. The fraction of sp³-hybridized carbons (Fsp3) is 0.778. The van der Waals surface area contributed by atoms with Crippen LogP contribution in [-0.4, -0.2) is 12.7 Å². The van der Waals surface area contributed by atoms with Crippen LogP contribution in [0.15, 0.2) is 18.2 Å². The zero-order chi connectivity index (χ0) is 22.2. The predicted octanol–water partition coefficient (Wildman–Crippen LogP) is 9.03. The zero-order valence-corrected chi connectivity index (χ0v) is 20.1. The zero-order valence-electron chi connectivity index (χ0n) is 20.1. The second-order valence-electron chi connectivity index (χ2n) is 8.92. The van der Waals surface area contributed by atoms with E-state index in [2.05, 4.69) is 20.8 Å². The Bertz CT molecular complexity index is 546. The van der Waals surface area contributed by atoms with E-state index in [1.165, 1.54) is 70.3 Å². The average Bonchev–Trinajstić information content (AvgIpc) is 2.75. The molecule has 0 saturated heterocycles. The van der Waals surface area contributed by atoms with Gasteiger partial charge in [-0.2, -0.15) is 0 Å². The number of methoxy groups -OCH3 is 1. The van der Waals surface area contributed by atoms with Crippen LogP contribution in [0, 0.1) is 17.6 Å². The maximum Gasteiger partial charge on any atom is 0.129 e. The molecule has 0 N–H and O–H groups in total. The second-order valence-corrected chi connectivity index (χ2v) is 8.92. The molecule has 1 aromatic carbocycles. The van der Waals surface area contributed by atoms with Crippen LogP contribution < -0.4 is 0 Å². The van der Waals surface area contributed by atoms with Gasteiger partial charge in [0.2, 0.25) is 0 Å². The molecule has 0 spiro atoms. The first-order valence-corrected chi connectivity index (χ1v) is 12.5. The van der Waals surface area contributed by atoms with Gasteiger partial charge in [-0.3, -0.25) is 0 Å². The third kappa shape index (κ3) is 9.45. The molecule has 0 aliphatic carbocycles. The second kappa shape index (κ2) is 15.8. The van der Waals surface area contributed by atoms with Gasteiger partial charge in [-0.05, 0) is 56.1 Å². The smallest absolute Gasteiger partial charge is 0.129 e. The fourth-order valence-electron chi connectivity index (χ4n) is 4.91. The van der Waals surface area contributed by atoms with Gasteiger partial charge in [0.15, 0.2) is 0 Å². The maximum atomic E-state index is 13.7. The number of unbranched alkanes of at least 4 members (excludes halogenated alkanes) is 8. The number of ether oxygens (including phenoxy) is 1. The van der Waals surface area contributed by atoms with Crippen molar-refractivity contribution in [3.05, 3.63) is 35.4 Å². The summed E-state index contributed by atoms with van der Waals surface area (Å²) in [7, 11) is 1.89. The SMILES string of the molecule is CCCCCCCCC(CCCCCCc1ccc(F)cc1F)C(CC)(CC)OC. The van der Waals surface area contributed by atoms with Crippen molar-refractivity contribution in [2.45, 2.75) is 123 Å². The topological polar surface area (TPSA) is 9.23 Å². The first-order valence-electron chi connectivity index (χ1n) is 12.5.